The molecule has 0 aromatic carbocycles. The number of aryl methyl sites for hydroxylation is 1. The average molecular weight is 571 g/mol. The van der Waals surface area contributed by atoms with Crippen molar-refractivity contribution >= 4 is 28.4 Å². The van der Waals surface area contributed by atoms with Crippen molar-refractivity contribution in [3.8, 4) is 5.82 Å². The summed E-state index contributed by atoms with van der Waals surface area (Å²) in [6, 6.07) is 9.02. The lowest BCUT2D eigenvalue weighted by molar-refractivity contribution is -0.148. The van der Waals surface area contributed by atoms with E-state index in [0.717, 1.165) is 34.1 Å². The number of ether oxygens (including phenoxy) is 1. The maximum absolute atomic E-state index is 13.6. The van der Waals surface area contributed by atoms with Gasteiger partial charge in [-0.05, 0) is 63.3 Å². The number of aromatic nitrogens is 8. The van der Waals surface area contributed by atoms with Crippen LogP contribution in [0.5, 0.6) is 0 Å². The summed E-state index contributed by atoms with van der Waals surface area (Å²) in [6.45, 7) is 3.83. The van der Waals surface area contributed by atoms with Crippen LogP contribution in [0.3, 0.4) is 0 Å². The molecule has 5 heterocycles. The fourth-order valence-corrected chi connectivity index (χ4v) is 5.49. The fraction of sp³-hybridized carbons (Fsp3) is 0.345. The van der Waals surface area contributed by atoms with E-state index >= 15 is 0 Å². The summed E-state index contributed by atoms with van der Waals surface area (Å²) in [6.07, 6.45) is 8.12. The Labute approximate surface area is 241 Å². The van der Waals surface area contributed by atoms with Crippen LogP contribution in [0, 0.1) is 12.7 Å². The first-order valence-electron chi connectivity index (χ1n) is 13.8. The van der Waals surface area contributed by atoms with Crippen LogP contribution in [-0.4, -0.2) is 58.8 Å². The molecule has 5 aromatic rings. The number of halogens is 1. The number of carbonyl (C=O) groups is 1. The van der Waals surface area contributed by atoms with Gasteiger partial charge in [-0.3, -0.25) is 9.89 Å². The first-order chi connectivity index (χ1) is 20.3. The summed E-state index contributed by atoms with van der Waals surface area (Å²) in [7, 11) is 1.58. The van der Waals surface area contributed by atoms with E-state index in [1.807, 2.05) is 38.1 Å². The quantitative estimate of drug-likeness (QED) is 0.246. The van der Waals surface area contributed by atoms with Gasteiger partial charge in [0.25, 0.3) is 5.91 Å². The minimum Gasteiger partial charge on any atom is -0.368 e. The number of nitrogens with one attached hydrogen (secondary N) is 3. The molecule has 0 bridgehead atoms. The number of hydrogen-bond donors (Lipinski definition) is 3. The largest absolute Gasteiger partial charge is 0.368 e. The van der Waals surface area contributed by atoms with Gasteiger partial charge in [-0.1, -0.05) is 6.07 Å². The Balaban J connectivity index is 1.16. The van der Waals surface area contributed by atoms with Crippen molar-refractivity contribution in [3.63, 3.8) is 0 Å². The van der Waals surface area contributed by atoms with E-state index in [-0.39, 0.29) is 17.9 Å². The number of pyridine rings is 2. The number of methoxy groups -OCH3 is 1. The van der Waals surface area contributed by atoms with E-state index in [1.54, 1.807) is 25.6 Å². The molecule has 5 aromatic heterocycles. The van der Waals surface area contributed by atoms with Gasteiger partial charge in [0, 0.05) is 36.4 Å². The van der Waals surface area contributed by atoms with Gasteiger partial charge in [-0.15, -0.1) is 5.10 Å². The smallest absolute Gasteiger partial charge is 0.252 e. The number of H-pyrrole nitrogens is 1. The number of aromatic amines is 1. The molecule has 0 aliphatic heterocycles. The summed E-state index contributed by atoms with van der Waals surface area (Å²) >= 11 is 0. The van der Waals surface area contributed by atoms with Crippen molar-refractivity contribution in [1.82, 2.24) is 45.5 Å². The van der Waals surface area contributed by atoms with Crippen molar-refractivity contribution in [2.45, 2.75) is 57.1 Å². The number of hydrogen-bond acceptors (Lipinski definition) is 9. The number of fused-ring (bicyclic) bond motifs is 1. The monoisotopic (exact) mass is 570 g/mol. The number of carbonyl (C=O) groups excluding carboxylic acids is 1. The van der Waals surface area contributed by atoms with Crippen LogP contribution in [-0.2, 0) is 9.53 Å². The van der Waals surface area contributed by atoms with Gasteiger partial charge in [0.1, 0.15) is 16.9 Å². The molecule has 0 radical (unpaired) electrons. The molecule has 12 nitrogen and oxygen atoms in total. The van der Waals surface area contributed by atoms with Crippen LogP contribution in [0.25, 0.3) is 16.7 Å². The molecule has 1 saturated carbocycles. The molecule has 1 aliphatic rings. The highest BCUT2D eigenvalue weighted by Gasteiger charge is 2.43. The standard InChI is InChI=1S/C29H31FN10O2/c1-17-12-24(38-37-17)35-23-13-20-8-11-32-39-27(20)26(36-23)19-6-9-29(42-3,10-7-19)28(41)34-18(2)21-4-5-25(31-14-21)40-16-22(30)15-33-40/h4-5,8,11-16,18-19H,6-7,9-10H2,1-3H3,(H,34,41)(H2,35,36,37,38)/t18-,19-,29+/m0/s1. The van der Waals surface area contributed by atoms with Crippen LogP contribution in [0.15, 0.2) is 55.1 Å². The summed E-state index contributed by atoms with van der Waals surface area (Å²) in [5, 5.41) is 26.9. The third kappa shape index (κ3) is 5.42. The van der Waals surface area contributed by atoms with E-state index < -0.39 is 11.4 Å². The Morgan fingerprint density at radius 1 is 1.19 bits per heavy atom. The second-order valence-electron chi connectivity index (χ2n) is 10.6. The Hall–Kier alpha value is -4.78. The van der Waals surface area contributed by atoms with Gasteiger partial charge >= 0.3 is 0 Å². The predicted octanol–water partition coefficient (Wildman–Crippen LogP) is 4.44. The van der Waals surface area contributed by atoms with Crippen molar-refractivity contribution in [2.75, 3.05) is 12.4 Å². The van der Waals surface area contributed by atoms with E-state index in [4.69, 9.17) is 9.72 Å². The van der Waals surface area contributed by atoms with E-state index in [9.17, 15) is 9.18 Å². The second-order valence-corrected chi connectivity index (χ2v) is 10.6. The number of anilines is 2. The normalized spacial score (nSPS) is 19.5. The van der Waals surface area contributed by atoms with Gasteiger partial charge in [0.05, 0.1) is 30.3 Å². The Kier molecular flexibility index (Phi) is 7.33. The zero-order valence-corrected chi connectivity index (χ0v) is 23.5. The molecule has 3 N–H and O–H groups in total. The fourth-order valence-electron chi connectivity index (χ4n) is 5.49. The average Bonchev–Trinajstić information content (AvgIpc) is 3.64. The summed E-state index contributed by atoms with van der Waals surface area (Å²) < 4.78 is 20.6. The van der Waals surface area contributed by atoms with Gasteiger partial charge in [-0.2, -0.15) is 15.3 Å². The van der Waals surface area contributed by atoms with Crippen LogP contribution >= 0.6 is 0 Å². The van der Waals surface area contributed by atoms with Gasteiger partial charge in [-0.25, -0.2) is 19.0 Å². The van der Waals surface area contributed by atoms with Crippen LogP contribution in [0.2, 0.25) is 0 Å². The summed E-state index contributed by atoms with van der Waals surface area (Å²) in [5.74, 6) is 1.30. The highest BCUT2D eigenvalue weighted by atomic mass is 19.1. The lowest BCUT2D eigenvalue weighted by atomic mass is 9.76. The predicted molar refractivity (Wildman–Crippen MR) is 153 cm³/mol. The van der Waals surface area contributed by atoms with Crippen molar-refractivity contribution in [1.29, 1.82) is 0 Å². The second kappa shape index (κ2) is 11.2. The van der Waals surface area contributed by atoms with Gasteiger partial charge < -0.3 is 15.4 Å². The van der Waals surface area contributed by atoms with E-state index in [0.29, 0.717) is 43.1 Å². The zero-order chi connectivity index (χ0) is 29.3. The first-order valence-corrected chi connectivity index (χ1v) is 13.8. The summed E-state index contributed by atoms with van der Waals surface area (Å²) in [5.41, 5.74) is 2.39. The maximum atomic E-state index is 13.6. The van der Waals surface area contributed by atoms with Crippen molar-refractivity contribution in [3.05, 3.63) is 77.9 Å². The minimum absolute atomic E-state index is 0.0734. The van der Waals surface area contributed by atoms with Crippen LogP contribution in [0.4, 0.5) is 16.0 Å². The lowest BCUT2D eigenvalue weighted by Gasteiger charge is -2.38. The van der Waals surface area contributed by atoms with Gasteiger partial charge in [0.2, 0.25) is 0 Å². The molecule has 0 unspecified atom stereocenters. The molecule has 1 amide bonds. The molecule has 0 spiro atoms. The number of nitrogens with zero attached hydrogens (tertiary/aromatic N) is 7. The van der Waals surface area contributed by atoms with E-state index in [2.05, 4.69) is 41.1 Å². The highest BCUT2D eigenvalue weighted by molar-refractivity contribution is 5.86. The first kappa shape index (κ1) is 27.4. The Bertz CT molecular complexity index is 1710. The van der Waals surface area contributed by atoms with Gasteiger partial charge in [0.15, 0.2) is 17.5 Å². The topological polar surface area (TPSA) is 148 Å². The van der Waals surface area contributed by atoms with Crippen LogP contribution < -0.4 is 10.6 Å². The maximum Gasteiger partial charge on any atom is 0.252 e. The lowest BCUT2D eigenvalue weighted by Crippen LogP contribution is -2.50. The molecular weight excluding hydrogens is 539 g/mol. The van der Waals surface area contributed by atoms with Crippen molar-refractivity contribution < 1.29 is 13.9 Å². The van der Waals surface area contributed by atoms with Crippen molar-refractivity contribution in [2.24, 2.45) is 0 Å². The van der Waals surface area contributed by atoms with E-state index in [1.165, 1.54) is 10.9 Å². The Morgan fingerprint density at radius 3 is 2.69 bits per heavy atom. The summed E-state index contributed by atoms with van der Waals surface area (Å²) in [4.78, 5) is 22.9. The third-order valence-electron chi connectivity index (χ3n) is 7.88. The highest BCUT2D eigenvalue weighted by Crippen LogP contribution is 2.41. The molecule has 0 saturated heterocycles. The molecule has 216 valence electrons. The van der Waals surface area contributed by atoms with Crippen LogP contribution in [0.1, 0.15) is 61.5 Å². The number of amides is 1. The molecule has 6 rings (SSSR count). The molecule has 42 heavy (non-hydrogen) atoms. The third-order valence-corrected chi connectivity index (χ3v) is 7.88. The SMILES string of the molecule is CO[C@]1(C(=O)N[C@@H](C)c2ccc(-n3cc(F)cn3)nc2)CC[C@H](c2nc(Nc3cc(C)[nH]n3)cc3ccnnc32)CC1. The minimum atomic E-state index is -0.964. The number of rotatable bonds is 8. The molecule has 1 atom stereocenters. The molecule has 13 heteroatoms. The molecule has 1 fully saturated rings. The molecular formula is C29H31FN10O2. The molecule has 1 aliphatic carbocycles. The zero-order valence-electron chi connectivity index (χ0n) is 23.5. The Morgan fingerprint density at radius 2 is 2.02 bits per heavy atom.